The van der Waals surface area contributed by atoms with Gasteiger partial charge >= 0.3 is 0 Å². The fraction of sp³-hybridized carbons (Fsp3) is 0.457. The van der Waals surface area contributed by atoms with E-state index >= 15 is 0 Å². The van der Waals surface area contributed by atoms with E-state index in [0.29, 0.717) is 60.3 Å². The summed E-state index contributed by atoms with van der Waals surface area (Å²) in [7, 11) is 1.25. The number of fused-ring (bicyclic) bond motifs is 1. The number of anilines is 1. The first-order valence-corrected chi connectivity index (χ1v) is 18.1. The van der Waals surface area contributed by atoms with Gasteiger partial charge < -0.3 is 29.3 Å². The molecule has 0 radical (unpaired) electrons. The van der Waals surface area contributed by atoms with Crippen molar-refractivity contribution in [2.45, 2.75) is 63.9 Å². The quantitative estimate of drug-likeness (QED) is 0.196. The molecule has 43 heavy (non-hydrogen) atoms. The lowest BCUT2D eigenvalue weighted by Gasteiger charge is -2.41. The molecule has 5 rings (SSSR count). The number of rotatable bonds is 10. The van der Waals surface area contributed by atoms with Crippen LogP contribution in [0.2, 0.25) is 18.1 Å². The summed E-state index contributed by atoms with van der Waals surface area (Å²) in [6, 6.07) is 21.7. The Morgan fingerprint density at radius 3 is 2.28 bits per heavy atom. The molecule has 3 aromatic carbocycles. The standard InChI is InChI=1S/C35H46N2O5Si/c1-35(2,3)43(6,7)42-22-25-17-27-29(33(27)24-13-15-26(39-4)16-14-24)20-37(25)34(38)28-18-31(40-5)32(19-30(28)36)41-21-23-11-9-8-10-12-23/h8-16,18-19,25,27,29,33H,17,20-22,36H2,1-7H3/t25-,27-,29?,33?/m0/s1. The topological polar surface area (TPSA) is 83.2 Å². The zero-order valence-electron chi connectivity index (χ0n) is 26.6. The van der Waals surface area contributed by atoms with Crippen LogP contribution in [-0.4, -0.2) is 52.5 Å². The predicted octanol–water partition coefficient (Wildman–Crippen LogP) is 7.13. The molecule has 1 saturated carbocycles. The van der Waals surface area contributed by atoms with E-state index in [1.54, 1.807) is 26.4 Å². The van der Waals surface area contributed by atoms with Crippen molar-refractivity contribution in [2.75, 3.05) is 33.1 Å². The molecule has 230 valence electrons. The van der Waals surface area contributed by atoms with Gasteiger partial charge in [-0.15, -0.1) is 0 Å². The van der Waals surface area contributed by atoms with Crippen LogP contribution in [0.15, 0.2) is 66.7 Å². The number of methoxy groups -OCH3 is 2. The van der Waals surface area contributed by atoms with E-state index in [4.69, 9.17) is 24.4 Å². The Morgan fingerprint density at radius 1 is 0.953 bits per heavy atom. The van der Waals surface area contributed by atoms with Crippen molar-refractivity contribution in [3.05, 3.63) is 83.4 Å². The summed E-state index contributed by atoms with van der Waals surface area (Å²) in [4.78, 5) is 16.3. The smallest absolute Gasteiger partial charge is 0.256 e. The number of hydrogen-bond acceptors (Lipinski definition) is 6. The van der Waals surface area contributed by atoms with Crippen LogP contribution in [0, 0.1) is 11.8 Å². The van der Waals surface area contributed by atoms with E-state index in [0.717, 1.165) is 17.7 Å². The van der Waals surface area contributed by atoms with Gasteiger partial charge in [-0.2, -0.15) is 0 Å². The summed E-state index contributed by atoms with van der Waals surface area (Å²) in [5.41, 5.74) is 9.68. The molecule has 2 aliphatic rings. The maximum atomic E-state index is 14.3. The second kappa shape index (κ2) is 12.2. The molecule has 2 N–H and O–H groups in total. The summed E-state index contributed by atoms with van der Waals surface area (Å²) < 4.78 is 23.8. The predicted molar refractivity (Wildman–Crippen MR) is 173 cm³/mol. The molecule has 0 bridgehead atoms. The molecule has 3 aromatic rings. The van der Waals surface area contributed by atoms with Crippen LogP contribution in [0.5, 0.6) is 17.2 Å². The molecule has 7 nitrogen and oxygen atoms in total. The second-order valence-corrected chi connectivity index (χ2v) is 18.2. The van der Waals surface area contributed by atoms with Crippen LogP contribution >= 0.6 is 0 Å². The summed E-state index contributed by atoms with van der Waals surface area (Å²) in [6.45, 7) is 12.8. The summed E-state index contributed by atoms with van der Waals surface area (Å²) in [5, 5.41) is 0.0810. The third kappa shape index (κ3) is 6.55. The molecule has 8 heteroatoms. The number of nitrogens with two attached hydrogens (primary N) is 1. The highest BCUT2D eigenvalue weighted by molar-refractivity contribution is 6.74. The van der Waals surface area contributed by atoms with Crippen molar-refractivity contribution in [3.8, 4) is 17.2 Å². The maximum absolute atomic E-state index is 14.3. The van der Waals surface area contributed by atoms with Gasteiger partial charge in [-0.05, 0) is 71.6 Å². The van der Waals surface area contributed by atoms with Crippen LogP contribution in [0.25, 0.3) is 0 Å². The molecule has 1 amide bonds. The number of likely N-dealkylation sites (tertiary alicyclic amines) is 1. The Hall–Kier alpha value is -3.49. The van der Waals surface area contributed by atoms with Gasteiger partial charge in [0.15, 0.2) is 19.8 Å². The van der Waals surface area contributed by atoms with Crippen LogP contribution in [-0.2, 0) is 11.0 Å². The first-order chi connectivity index (χ1) is 20.4. The monoisotopic (exact) mass is 602 g/mol. The summed E-state index contributed by atoms with van der Waals surface area (Å²) >= 11 is 0. The van der Waals surface area contributed by atoms with Crippen LogP contribution in [0.3, 0.4) is 0 Å². The summed E-state index contributed by atoms with van der Waals surface area (Å²) in [6.07, 6.45) is 0.900. The van der Waals surface area contributed by atoms with Gasteiger partial charge in [0.05, 0.1) is 32.4 Å². The van der Waals surface area contributed by atoms with E-state index in [9.17, 15) is 4.79 Å². The van der Waals surface area contributed by atoms with E-state index in [-0.39, 0.29) is 17.0 Å². The van der Waals surface area contributed by atoms with Gasteiger partial charge in [0.1, 0.15) is 12.4 Å². The lowest BCUT2D eigenvalue weighted by Crippen LogP contribution is -2.50. The lowest BCUT2D eigenvalue weighted by molar-refractivity contribution is 0.0499. The number of piperidine rings is 1. The van der Waals surface area contributed by atoms with Crippen molar-refractivity contribution in [3.63, 3.8) is 0 Å². The van der Waals surface area contributed by atoms with Crippen LogP contribution in [0.1, 0.15) is 54.6 Å². The molecule has 2 fully saturated rings. The fourth-order valence-corrected chi connectivity index (χ4v) is 7.05. The Morgan fingerprint density at radius 2 is 1.65 bits per heavy atom. The van der Waals surface area contributed by atoms with Crippen LogP contribution < -0.4 is 19.9 Å². The van der Waals surface area contributed by atoms with Crippen molar-refractivity contribution < 1.29 is 23.4 Å². The van der Waals surface area contributed by atoms with E-state index in [2.05, 4.69) is 46.0 Å². The van der Waals surface area contributed by atoms with Crippen molar-refractivity contribution >= 4 is 19.9 Å². The number of nitrogens with zero attached hydrogens (tertiary/aromatic N) is 1. The number of ether oxygens (including phenoxy) is 3. The van der Waals surface area contributed by atoms with E-state index < -0.39 is 8.32 Å². The zero-order chi connectivity index (χ0) is 30.9. The largest absolute Gasteiger partial charge is 0.497 e. The fourth-order valence-electron chi connectivity index (χ4n) is 6.00. The maximum Gasteiger partial charge on any atom is 0.256 e. The molecular weight excluding hydrogens is 556 g/mol. The highest BCUT2D eigenvalue weighted by atomic mass is 28.4. The van der Waals surface area contributed by atoms with Crippen LogP contribution in [0.4, 0.5) is 5.69 Å². The molecular formula is C35H46N2O5Si. The Labute approximate surface area is 257 Å². The highest BCUT2D eigenvalue weighted by Crippen LogP contribution is 2.59. The number of carbonyl (C=O) groups excluding carboxylic acids is 1. The number of nitrogen functional groups attached to an aromatic ring is 1. The van der Waals surface area contributed by atoms with Crippen molar-refractivity contribution in [2.24, 2.45) is 11.8 Å². The van der Waals surface area contributed by atoms with Gasteiger partial charge in [0, 0.05) is 18.3 Å². The van der Waals surface area contributed by atoms with E-state index in [1.807, 2.05) is 47.4 Å². The molecule has 0 aromatic heterocycles. The van der Waals surface area contributed by atoms with Crippen molar-refractivity contribution in [1.29, 1.82) is 0 Å². The van der Waals surface area contributed by atoms with Gasteiger partial charge in [0.2, 0.25) is 0 Å². The normalized spacial score (nSPS) is 21.6. The molecule has 1 heterocycles. The number of hydrogen-bond donors (Lipinski definition) is 1. The zero-order valence-corrected chi connectivity index (χ0v) is 27.6. The van der Waals surface area contributed by atoms with Gasteiger partial charge in [-0.3, -0.25) is 4.79 Å². The molecule has 0 spiro atoms. The molecule has 2 unspecified atom stereocenters. The Kier molecular flexibility index (Phi) is 8.81. The minimum atomic E-state index is -2.02. The summed E-state index contributed by atoms with van der Waals surface area (Å²) in [5.74, 6) is 3.10. The third-order valence-corrected chi connectivity index (χ3v) is 14.2. The third-order valence-electron chi connectivity index (χ3n) is 9.73. The lowest BCUT2D eigenvalue weighted by atomic mass is 10.00. The van der Waals surface area contributed by atoms with E-state index in [1.165, 1.54) is 5.56 Å². The average molecular weight is 603 g/mol. The van der Waals surface area contributed by atoms with Gasteiger partial charge in [-0.1, -0.05) is 63.2 Å². The average Bonchev–Trinajstić information content (AvgIpc) is 3.71. The second-order valence-electron chi connectivity index (χ2n) is 13.4. The number of benzene rings is 3. The Balaban J connectivity index is 1.39. The molecule has 1 saturated heterocycles. The highest BCUT2D eigenvalue weighted by Gasteiger charge is 2.56. The molecule has 1 aliphatic carbocycles. The minimum Gasteiger partial charge on any atom is -0.497 e. The van der Waals surface area contributed by atoms with Crippen molar-refractivity contribution in [1.82, 2.24) is 4.90 Å². The number of carbonyl (C=O) groups is 1. The first kappa shape index (κ1) is 30.9. The minimum absolute atomic E-state index is 0.0366. The number of amides is 1. The van der Waals surface area contributed by atoms with Gasteiger partial charge in [-0.25, -0.2) is 0 Å². The van der Waals surface area contributed by atoms with Gasteiger partial charge in [0.25, 0.3) is 5.91 Å². The molecule has 1 aliphatic heterocycles. The molecule has 4 atom stereocenters. The SMILES string of the molecule is COc1ccc(C2C3CN(C(=O)c4cc(OC)c(OCc5ccccc5)cc4N)[C@H](CO[Si](C)(C)C(C)(C)C)C[C@@H]32)cc1. The Bertz CT molecular complexity index is 1420. The first-order valence-electron chi connectivity index (χ1n) is 15.2.